The van der Waals surface area contributed by atoms with E-state index >= 15 is 0 Å². The van der Waals surface area contributed by atoms with E-state index in [1.165, 1.54) is 10.8 Å². The summed E-state index contributed by atoms with van der Waals surface area (Å²) in [5, 5.41) is 2.37. The normalized spacial score (nSPS) is 10.4. The van der Waals surface area contributed by atoms with Crippen molar-refractivity contribution in [1.82, 2.24) is 0 Å². The molecular formula is C14H13BrO. The van der Waals surface area contributed by atoms with Crippen LogP contribution in [0, 0.1) is 0 Å². The standard InChI is InChI=1S/C14H13BrO/c1-10(2)9-16-13-8-7-11-5-3-4-6-12(11)14(13)15/h3-8H,1,9H2,2H3. The molecule has 0 saturated carbocycles. The molecule has 2 rings (SSSR count). The molecule has 0 aliphatic heterocycles. The first kappa shape index (κ1) is 11.2. The SMILES string of the molecule is C=C(C)COc1ccc2ccccc2c1Br. The fourth-order valence-electron chi connectivity index (χ4n) is 1.53. The molecule has 16 heavy (non-hydrogen) atoms. The predicted molar refractivity (Wildman–Crippen MR) is 72.0 cm³/mol. The van der Waals surface area contributed by atoms with E-state index in [1.54, 1.807) is 0 Å². The molecule has 0 bridgehead atoms. The molecule has 0 amide bonds. The molecule has 82 valence electrons. The van der Waals surface area contributed by atoms with Crippen molar-refractivity contribution >= 4 is 26.7 Å². The van der Waals surface area contributed by atoms with Crippen molar-refractivity contribution in [3.63, 3.8) is 0 Å². The first-order chi connectivity index (χ1) is 7.68. The molecule has 0 N–H and O–H groups in total. The Morgan fingerprint density at radius 1 is 1.25 bits per heavy atom. The van der Waals surface area contributed by atoms with Gasteiger partial charge < -0.3 is 4.74 Å². The highest BCUT2D eigenvalue weighted by atomic mass is 79.9. The first-order valence-electron chi connectivity index (χ1n) is 5.13. The van der Waals surface area contributed by atoms with Crippen molar-refractivity contribution in [2.75, 3.05) is 6.61 Å². The summed E-state index contributed by atoms with van der Waals surface area (Å²) in [5.74, 6) is 0.863. The quantitative estimate of drug-likeness (QED) is 0.747. The van der Waals surface area contributed by atoms with E-state index in [0.717, 1.165) is 15.8 Å². The zero-order valence-corrected chi connectivity index (χ0v) is 10.8. The molecule has 2 aromatic rings. The number of fused-ring (bicyclic) bond motifs is 1. The van der Waals surface area contributed by atoms with Gasteiger partial charge in [-0.25, -0.2) is 0 Å². The topological polar surface area (TPSA) is 9.23 Å². The molecule has 2 heteroatoms. The Labute approximate surface area is 104 Å². The van der Waals surface area contributed by atoms with Crippen LogP contribution in [0.15, 0.2) is 53.0 Å². The summed E-state index contributed by atoms with van der Waals surface area (Å²) in [4.78, 5) is 0. The van der Waals surface area contributed by atoms with E-state index in [9.17, 15) is 0 Å². The third kappa shape index (κ3) is 2.27. The molecule has 0 unspecified atom stereocenters. The summed E-state index contributed by atoms with van der Waals surface area (Å²) in [7, 11) is 0. The number of ether oxygens (including phenoxy) is 1. The number of hydrogen-bond acceptors (Lipinski definition) is 1. The van der Waals surface area contributed by atoms with E-state index in [2.05, 4.69) is 40.7 Å². The van der Waals surface area contributed by atoms with Gasteiger partial charge in [0.1, 0.15) is 12.4 Å². The summed E-state index contributed by atoms with van der Waals surface area (Å²) in [6.07, 6.45) is 0. The van der Waals surface area contributed by atoms with E-state index in [-0.39, 0.29) is 0 Å². The molecule has 0 fully saturated rings. The van der Waals surface area contributed by atoms with E-state index in [0.29, 0.717) is 6.61 Å². The second-order valence-corrected chi connectivity index (χ2v) is 4.64. The van der Waals surface area contributed by atoms with Gasteiger partial charge >= 0.3 is 0 Å². The molecule has 1 nitrogen and oxygen atoms in total. The Morgan fingerprint density at radius 3 is 2.75 bits per heavy atom. The second kappa shape index (κ2) is 4.71. The molecule has 0 aromatic heterocycles. The average molecular weight is 277 g/mol. The molecule has 0 spiro atoms. The van der Waals surface area contributed by atoms with Crippen LogP contribution in [0.1, 0.15) is 6.92 Å². The Kier molecular flexibility index (Phi) is 3.30. The number of benzene rings is 2. The van der Waals surface area contributed by atoms with Gasteiger partial charge in [0.15, 0.2) is 0 Å². The van der Waals surface area contributed by atoms with Crippen LogP contribution in [0.5, 0.6) is 5.75 Å². The Bertz CT molecular complexity index is 531. The van der Waals surface area contributed by atoms with Crippen molar-refractivity contribution in [1.29, 1.82) is 0 Å². The van der Waals surface area contributed by atoms with E-state index < -0.39 is 0 Å². The molecule has 0 aliphatic rings. The fourth-order valence-corrected chi connectivity index (χ4v) is 2.13. The van der Waals surface area contributed by atoms with Gasteiger partial charge in [-0.3, -0.25) is 0 Å². The highest BCUT2D eigenvalue weighted by Crippen LogP contribution is 2.33. The Morgan fingerprint density at radius 2 is 2.00 bits per heavy atom. The Balaban J connectivity index is 2.40. The minimum Gasteiger partial charge on any atom is -0.488 e. The van der Waals surface area contributed by atoms with Crippen molar-refractivity contribution in [3.8, 4) is 5.75 Å². The zero-order valence-electron chi connectivity index (χ0n) is 9.16. The van der Waals surface area contributed by atoms with Crippen molar-refractivity contribution < 1.29 is 4.74 Å². The van der Waals surface area contributed by atoms with Crippen LogP contribution in [0.25, 0.3) is 10.8 Å². The van der Waals surface area contributed by atoms with E-state index in [1.807, 2.05) is 25.1 Å². The second-order valence-electron chi connectivity index (χ2n) is 3.84. The predicted octanol–water partition coefficient (Wildman–Crippen LogP) is 4.56. The minimum absolute atomic E-state index is 0.553. The highest BCUT2D eigenvalue weighted by molar-refractivity contribution is 9.10. The largest absolute Gasteiger partial charge is 0.488 e. The number of halogens is 1. The van der Waals surface area contributed by atoms with Crippen LogP contribution in [0.2, 0.25) is 0 Å². The van der Waals surface area contributed by atoms with Gasteiger partial charge in [0.05, 0.1) is 4.47 Å². The lowest BCUT2D eigenvalue weighted by atomic mass is 10.1. The van der Waals surface area contributed by atoms with E-state index in [4.69, 9.17) is 4.74 Å². The van der Waals surface area contributed by atoms with Crippen LogP contribution in [0.4, 0.5) is 0 Å². The summed E-state index contributed by atoms with van der Waals surface area (Å²) in [5.41, 5.74) is 1.01. The minimum atomic E-state index is 0.553. The van der Waals surface area contributed by atoms with Gasteiger partial charge in [0.2, 0.25) is 0 Å². The van der Waals surface area contributed by atoms with Gasteiger partial charge in [0.25, 0.3) is 0 Å². The summed E-state index contributed by atoms with van der Waals surface area (Å²) >= 11 is 3.58. The maximum atomic E-state index is 5.66. The first-order valence-corrected chi connectivity index (χ1v) is 5.92. The monoisotopic (exact) mass is 276 g/mol. The third-order valence-corrected chi connectivity index (χ3v) is 3.12. The zero-order chi connectivity index (χ0) is 11.5. The molecular weight excluding hydrogens is 264 g/mol. The highest BCUT2D eigenvalue weighted by Gasteiger charge is 2.05. The maximum absolute atomic E-state index is 5.66. The van der Waals surface area contributed by atoms with Gasteiger partial charge in [-0.05, 0) is 45.3 Å². The van der Waals surface area contributed by atoms with Crippen LogP contribution < -0.4 is 4.74 Å². The van der Waals surface area contributed by atoms with Gasteiger partial charge in [0, 0.05) is 0 Å². The summed E-state index contributed by atoms with van der Waals surface area (Å²) in [6.45, 7) is 6.33. The molecule has 0 heterocycles. The molecule has 0 saturated heterocycles. The summed E-state index contributed by atoms with van der Waals surface area (Å²) in [6, 6.07) is 12.3. The smallest absolute Gasteiger partial charge is 0.134 e. The summed E-state index contributed by atoms with van der Waals surface area (Å²) < 4.78 is 6.67. The van der Waals surface area contributed by atoms with Crippen molar-refractivity contribution in [3.05, 3.63) is 53.0 Å². The third-order valence-electron chi connectivity index (χ3n) is 2.30. The van der Waals surface area contributed by atoms with Crippen LogP contribution in [-0.4, -0.2) is 6.61 Å². The van der Waals surface area contributed by atoms with Crippen molar-refractivity contribution in [2.45, 2.75) is 6.92 Å². The number of hydrogen-bond donors (Lipinski definition) is 0. The lowest BCUT2D eigenvalue weighted by molar-refractivity contribution is 0.351. The van der Waals surface area contributed by atoms with Gasteiger partial charge in [-0.15, -0.1) is 0 Å². The molecule has 0 aliphatic carbocycles. The molecule has 2 aromatic carbocycles. The van der Waals surface area contributed by atoms with Crippen LogP contribution >= 0.6 is 15.9 Å². The number of rotatable bonds is 3. The molecule has 0 atom stereocenters. The van der Waals surface area contributed by atoms with Crippen LogP contribution in [-0.2, 0) is 0 Å². The van der Waals surface area contributed by atoms with Gasteiger partial charge in [-0.2, -0.15) is 0 Å². The maximum Gasteiger partial charge on any atom is 0.134 e. The lowest BCUT2D eigenvalue weighted by Crippen LogP contribution is -1.98. The van der Waals surface area contributed by atoms with Crippen molar-refractivity contribution in [2.24, 2.45) is 0 Å². The fraction of sp³-hybridized carbons (Fsp3) is 0.143. The lowest BCUT2D eigenvalue weighted by Gasteiger charge is -2.10. The average Bonchev–Trinajstić information content (AvgIpc) is 2.28. The Hall–Kier alpha value is -1.28. The molecule has 0 radical (unpaired) electrons. The van der Waals surface area contributed by atoms with Crippen LogP contribution in [0.3, 0.4) is 0 Å². The van der Waals surface area contributed by atoms with Gasteiger partial charge in [-0.1, -0.05) is 36.9 Å².